The summed E-state index contributed by atoms with van der Waals surface area (Å²) in [5, 5.41) is 11.1. The average molecular weight is 322 g/mol. The molecule has 1 aromatic carbocycles. The lowest BCUT2D eigenvalue weighted by Crippen LogP contribution is -2.38. The lowest BCUT2D eigenvalue weighted by molar-refractivity contribution is -0.137. The minimum Gasteiger partial charge on any atom is -0.494 e. The Morgan fingerprint density at radius 3 is 2.43 bits per heavy atom. The van der Waals surface area contributed by atoms with Crippen molar-refractivity contribution in [2.75, 3.05) is 26.7 Å². The number of carboxylic acids is 1. The molecule has 0 unspecified atom stereocenters. The number of rotatable bonds is 9. The van der Waals surface area contributed by atoms with E-state index in [1.54, 1.807) is 31.3 Å². The molecule has 126 valence electrons. The number of likely N-dealkylation sites (N-methyl/N-ethyl adjacent to an activating group) is 1. The average Bonchev–Trinajstić information content (AvgIpc) is 2.52. The predicted molar refractivity (Wildman–Crippen MR) is 84.5 cm³/mol. The summed E-state index contributed by atoms with van der Waals surface area (Å²) in [6.07, 6.45) is 0.389. The molecule has 0 heterocycles. The van der Waals surface area contributed by atoms with E-state index in [1.807, 2.05) is 6.92 Å². The third-order valence-electron chi connectivity index (χ3n) is 3.14. The van der Waals surface area contributed by atoms with Gasteiger partial charge >= 0.3 is 5.97 Å². The van der Waals surface area contributed by atoms with Gasteiger partial charge in [-0.25, -0.2) is 0 Å². The third-order valence-corrected chi connectivity index (χ3v) is 3.14. The van der Waals surface area contributed by atoms with Crippen molar-refractivity contribution in [2.24, 2.45) is 0 Å². The number of nitrogens with zero attached hydrogens (tertiary/aromatic N) is 1. The Morgan fingerprint density at radius 2 is 1.87 bits per heavy atom. The summed E-state index contributed by atoms with van der Waals surface area (Å²) < 4.78 is 5.29. The Morgan fingerprint density at radius 1 is 1.22 bits per heavy atom. The third kappa shape index (κ3) is 6.82. The van der Waals surface area contributed by atoms with E-state index >= 15 is 0 Å². The van der Waals surface area contributed by atoms with Crippen LogP contribution in [0.3, 0.4) is 0 Å². The topological polar surface area (TPSA) is 95.9 Å². The van der Waals surface area contributed by atoms with Crippen LogP contribution in [-0.4, -0.2) is 54.5 Å². The van der Waals surface area contributed by atoms with E-state index in [4.69, 9.17) is 9.84 Å². The van der Waals surface area contributed by atoms with Gasteiger partial charge in [-0.2, -0.15) is 0 Å². The monoisotopic (exact) mass is 322 g/mol. The van der Waals surface area contributed by atoms with Crippen molar-refractivity contribution >= 4 is 17.8 Å². The Kier molecular flexibility index (Phi) is 7.59. The highest BCUT2D eigenvalue weighted by molar-refractivity contribution is 5.96. The van der Waals surface area contributed by atoms with Crippen molar-refractivity contribution < 1.29 is 24.2 Å². The molecule has 1 aromatic rings. The summed E-state index contributed by atoms with van der Waals surface area (Å²) in [6.45, 7) is 2.63. The highest BCUT2D eigenvalue weighted by atomic mass is 16.5. The van der Waals surface area contributed by atoms with E-state index in [9.17, 15) is 14.4 Å². The van der Waals surface area contributed by atoms with Gasteiger partial charge in [0.2, 0.25) is 5.91 Å². The van der Waals surface area contributed by atoms with Gasteiger partial charge in [-0.15, -0.1) is 0 Å². The van der Waals surface area contributed by atoms with E-state index in [2.05, 4.69) is 5.32 Å². The first kappa shape index (κ1) is 18.5. The second-order valence-corrected chi connectivity index (χ2v) is 4.95. The summed E-state index contributed by atoms with van der Waals surface area (Å²) in [6, 6.07) is 6.64. The van der Waals surface area contributed by atoms with Crippen LogP contribution in [0, 0.1) is 0 Å². The number of amides is 2. The number of aliphatic carboxylic acids is 1. The Hall–Kier alpha value is -2.57. The molecule has 0 fully saturated rings. The first-order valence-corrected chi connectivity index (χ1v) is 7.40. The molecule has 0 aliphatic rings. The van der Waals surface area contributed by atoms with Crippen LogP contribution in [0.25, 0.3) is 0 Å². The normalized spacial score (nSPS) is 10.0. The number of benzene rings is 1. The second-order valence-electron chi connectivity index (χ2n) is 4.95. The van der Waals surface area contributed by atoms with Gasteiger partial charge in [-0.1, -0.05) is 0 Å². The van der Waals surface area contributed by atoms with Crippen LogP contribution in [0.5, 0.6) is 5.75 Å². The SMILES string of the molecule is CCOc1ccc(C(=O)NCC(=O)N(C)CCCC(=O)O)cc1. The number of ether oxygens (including phenoxy) is 1. The van der Waals surface area contributed by atoms with Crippen molar-refractivity contribution in [3.8, 4) is 5.75 Å². The van der Waals surface area contributed by atoms with Gasteiger partial charge in [0.05, 0.1) is 13.2 Å². The summed E-state index contributed by atoms with van der Waals surface area (Å²) in [5.41, 5.74) is 0.440. The summed E-state index contributed by atoms with van der Waals surface area (Å²) >= 11 is 0. The number of carbonyl (C=O) groups is 3. The first-order chi connectivity index (χ1) is 10.9. The molecule has 0 atom stereocenters. The Labute approximate surface area is 135 Å². The minimum absolute atomic E-state index is 0.0101. The molecule has 0 spiro atoms. The van der Waals surface area contributed by atoms with Gasteiger partial charge in [-0.3, -0.25) is 14.4 Å². The molecule has 2 N–H and O–H groups in total. The molecular weight excluding hydrogens is 300 g/mol. The predicted octanol–water partition coefficient (Wildman–Crippen LogP) is 1.14. The van der Waals surface area contributed by atoms with Crippen LogP contribution in [0.15, 0.2) is 24.3 Å². The van der Waals surface area contributed by atoms with Crippen LogP contribution in [0.4, 0.5) is 0 Å². The molecule has 7 heteroatoms. The van der Waals surface area contributed by atoms with Crippen LogP contribution < -0.4 is 10.1 Å². The highest BCUT2D eigenvalue weighted by Crippen LogP contribution is 2.11. The van der Waals surface area contributed by atoms with Gasteiger partial charge in [-0.05, 0) is 37.6 Å². The molecule has 0 aliphatic carbocycles. The summed E-state index contributed by atoms with van der Waals surface area (Å²) in [4.78, 5) is 35.6. The maximum absolute atomic E-state index is 11.9. The molecule has 1 rings (SSSR count). The molecule has 23 heavy (non-hydrogen) atoms. The first-order valence-electron chi connectivity index (χ1n) is 7.40. The lowest BCUT2D eigenvalue weighted by atomic mass is 10.2. The van der Waals surface area contributed by atoms with Crippen molar-refractivity contribution in [2.45, 2.75) is 19.8 Å². The van der Waals surface area contributed by atoms with Crippen LogP contribution >= 0.6 is 0 Å². The maximum atomic E-state index is 11.9. The van der Waals surface area contributed by atoms with Gasteiger partial charge in [0.15, 0.2) is 0 Å². The maximum Gasteiger partial charge on any atom is 0.303 e. The van der Waals surface area contributed by atoms with E-state index in [0.29, 0.717) is 30.9 Å². The smallest absolute Gasteiger partial charge is 0.303 e. The van der Waals surface area contributed by atoms with Gasteiger partial charge < -0.3 is 20.1 Å². The fraction of sp³-hybridized carbons (Fsp3) is 0.438. The van der Waals surface area contributed by atoms with Crippen LogP contribution in [-0.2, 0) is 9.59 Å². The zero-order valence-electron chi connectivity index (χ0n) is 13.4. The zero-order chi connectivity index (χ0) is 17.2. The van der Waals surface area contributed by atoms with Crippen molar-refractivity contribution in [3.05, 3.63) is 29.8 Å². The largest absolute Gasteiger partial charge is 0.494 e. The number of carboxylic acid groups (broad SMARTS) is 1. The van der Waals surface area contributed by atoms with E-state index < -0.39 is 5.97 Å². The summed E-state index contributed by atoms with van der Waals surface area (Å²) in [7, 11) is 1.58. The fourth-order valence-electron chi connectivity index (χ4n) is 1.85. The minimum atomic E-state index is -0.894. The van der Waals surface area contributed by atoms with Crippen molar-refractivity contribution in [3.63, 3.8) is 0 Å². The summed E-state index contributed by atoms with van der Waals surface area (Å²) in [5.74, 6) is -0.831. The van der Waals surface area contributed by atoms with E-state index in [1.165, 1.54) is 4.90 Å². The molecule has 0 aliphatic heterocycles. The molecule has 0 bridgehead atoms. The molecule has 2 amide bonds. The van der Waals surface area contributed by atoms with Crippen molar-refractivity contribution in [1.82, 2.24) is 10.2 Å². The number of hydrogen-bond donors (Lipinski definition) is 2. The van der Waals surface area contributed by atoms with Crippen LogP contribution in [0.2, 0.25) is 0 Å². The lowest BCUT2D eigenvalue weighted by Gasteiger charge is -2.17. The standard InChI is InChI=1S/C16H22N2O5/c1-3-23-13-8-6-12(7-9-13)16(22)17-11-14(19)18(2)10-4-5-15(20)21/h6-9H,3-5,10-11H2,1-2H3,(H,17,22)(H,20,21). The number of carbonyl (C=O) groups excluding carboxylic acids is 2. The molecule has 0 radical (unpaired) electrons. The number of nitrogens with one attached hydrogen (secondary N) is 1. The molecule has 7 nitrogen and oxygen atoms in total. The Balaban J connectivity index is 2.39. The van der Waals surface area contributed by atoms with Crippen LogP contribution in [0.1, 0.15) is 30.1 Å². The highest BCUT2D eigenvalue weighted by Gasteiger charge is 2.12. The van der Waals surface area contributed by atoms with Crippen molar-refractivity contribution in [1.29, 1.82) is 0 Å². The van der Waals surface area contributed by atoms with Gasteiger partial charge in [0.1, 0.15) is 5.75 Å². The zero-order valence-corrected chi connectivity index (χ0v) is 13.4. The molecular formula is C16H22N2O5. The Bertz CT molecular complexity index is 542. The quantitative estimate of drug-likeness (QED) is 0.711. The number of hydrogen-bond acceptors (Lipinski definition) is 4. The molecule has 0 saturated heterocycles. The molecule has 0 aromatic heterocycles. The van der Waals surface area contributed by atoms with E-state index in [-0.39, 0.29) is 24.8 Å². The van der Waals surface area contributed by atoms with Gasteiger partial charge in [0, 0.05) is 25.6 Å². The second kappa shape index (κ2) is 9.45. The van der Waals surface area contributed by atoms with Gasteiger partial charge in [0.25, 0.3) is 5.91 Å². The fourth-order valence-corrected chi connectivity index (χ4v) is 1.85. The van der Waals surface area contributed by atoms with E-state index in [0.717, 1.165) is 0 Å². The molecule has 0 saturated carbocycles.